The van der Waals surface area contributed by atoms with E-state index in [-0.39, 0.29) is 5.75 Å². The van der Waals surface area contributed by atoms with Gasteiger partial charge >= 0.3 is 6.16 Å². The molecule has 0 spiro atoms. The number of hydrogen-bond donors (Lipinski definition) is 2. The fourth-order valence-corrected chi connectivity index (χ4v) is 3.64. The van der Waals surface area contributed by atoms with Crippen LogP contribution in [0.2, 0.25) is 0 Å². The normalized spacial score (nSPS) is 13.5. The topological polar surface area (TPSA) is 103 Å². The molecule has 0 saturated heterocycles. The van der Waals surface area contributed by atoms with E-state index in [0.29, 0.717) is 17.4 Å². The zero-order valence-electron chi connectivity index (χ0n) is 15.6. The number of nitrogens with zero attached hydrogens (tertiary/aromatic N) is 1. The molecule has 0 amide bonds. The summed E-state index contributed by atoms with van der Waals surface area (Å²) in [6, 6.07) is 8.97. The summed E-state index contributed by atoms with van der Waals surface area (Å²) in [7, 11) is 1.57. The first-order valence-corrected chi connectivity index (χ1v) is 8.94. The minimum absolute atomic E-state index is 0.173. The highest BCUT2D eigenvalue weighted by Crippen LogP contribution is 2.44. The average Bonchev–Trinajstić information content (AvgIpc) is 3.50. The second-order valence-corrected chi connectivity index (χ2v) is 6.94. The van der Waals surface area contributed by atoms with E-state index in [1.807, 2.05) is 25.1 Å². The van der Waals surface area contributed by atoms with Crippen LogP contribution in [0.15, 0.2) is 41.3 Å². The van der Waals surface area contributed by atoms with Crippen molar-refractivity contribution in [2.24, 2.45) is 0 Å². The summed E-state index contributed by atoms with van der Waals surface area (Å²) >= 11 is 0. The number of anilines is 1. The van der Waals surface area contributed by atoms with Crippen molar-refractivity contribution in [1.29, 1.82) is 0 Å². The van der Waals surface area contributed by atoms with Gasteiger partial charge in [0.1, 0.15) is 5.75 Å². The van der Waals surface area contributed by atoms with Gasteiger partial charge in [0.25, 0.3) is 5.56 Å². The molecule has 1 saturated carbocycles. The van der Waals surface area contributed by atoms with Crippen molar-refractivity contribution >= 4 is 17.4 Å². The van der Waals surface area contributed by atoms with Gasteiger partial charge in [0.15, 0.2) is 5.75 Å². The number of carboxylic acid groups (broad SMARTS) is 1. The van der Waals surface area contributed by atoms with Crippen molar-refractivity contribution in [3.05, 3.63) is 58.0 Å². The molecular weight excluding hydrogens is 360 g/mol. The second kappa shape index (κ2) is 6.60. The number of carbonyl (C=O) groups is 1. The van der Waals surface area contributed by atoms with Crippen LogP contribution in [0.3, 0.4) is 0 Å². The summed E-state index contributed by atoms with van der Waals surface area (Å²) in [5.74, 6) is 0.705. The average molecular weight is 380 g/mol. The van der Waals surface area contributed by atoms with Crippen LogP contribution in [0.1, 0.15) is 29.9 Å². The lowest BCUT2D eigenvalue weighted by molar-refractivity contribution is 0.143. The molecule has 1 aliphatic carbocycles. The third-order valence-corrected chi connectivity index (χ3v) is 5.14. The van der Waals surface area contributed by atoms with Crippen molar-refractivity contribution in [1.82, 2.24) is 4.40 Å². The molecule has 7 heteroatoms. The van der Waals surface area contributed by atoms with Crippen LogP contribution >= 0.6 is 0 Å². The molecule has 28 heavy (non-hydrogen) atoms. The largest absolute Gasteiger partial charge is 0.511 e. The minimum atomic E-state index is -1.50. The van der Waals surface area contributed by atoms with Gasteiger partial charge in [0, 0.05) is 6.20 Å². The highest BCUT2D eigenvalue weighted by molar-refractivity contribution is 5.79. The summed E-state index contributed by atoms with van der Waals surface area (Å²) in [5, 5.41) is 8.94. The van der Waals surface area contributed by atoms with Crippen molar-refractivity contribution < 1.29 is 19.4 Å². The van der Waals surface area contributed by atoms with Gasteiger partial charge in [-0.15, -0.1) is 0 Å². The Morgan fingerprint density at radius 3 is 2.61 bits per heavy atom. The molecule has 3 N–H and O–H groups in total. The van der Waals surface area contributed by atoms with E-state index in [2.05, 4.69) is 0 Å². The van der Waals surface area contributed by atoms with Crippen molar-refractivity contribution in [2.75, 3.05) is 12.8 Å². The SMILES string of the molecule is COc1cc(-c2ccn3c(=O)c(OC(=O)O)cc(C4CC4)c3c2C)ccc1N. The van der Waals surface area contributed by atoms with Crippen LogP contribution in [0, 0.1) is 6.92 Å². The first kappa shape index (κ1) is 17.9. The zero-order valence-corrected chi connectivity index (χ0v) is 15.6. The zero-order chi connectivity index (χ0) is 20.0. The minimum Gasteiger partial charge on any atom is -0.495 e. The molecule has 7 nitrogen and oxygen atoms in total. The van der Waals surface area contributed by atoms with Crippen LogP contribution in [-0.2, 0) is 0 Å². The molecular formula is C21H20N2O5. The Balaban J connectivity index is 1.97. The molecule has 1 aliphatic rings. The van der Waals surface area contributed by atoms with E-state index in [1.54, 1.807) is 25.4 Å². The van der Waals surface area contributed by atoms with Gasteiger partial charge in [-0.2, -0.15) is 0 Å². The number of fused-ring (bicyclic) bond motifs is 1. The van der Waals surface area contributed by atoms with Gasteiger partial charge in [0.2, 0.25) is 0 Å². The van der Waals surface area contributed by atoms with Crippen molar-refractivity contribution in [2.45, 2.75) is 25.7 Å². The van der Waals surface area contributed by atoms with Gasteiger partial charge in [-0.3, -0.25) is 9.20 Å². The van der Waals surface area contributed by atoms with Crippen LogP contribution in [0.4, 0.5) is 10.5 Å². The Labute approximate surface area is 160 Å². The molecule has 4 rings (SSSR count). The quantitative estimate of drug-likeness (QED) is 0.527. The molecule has 1 aromatic carbocycles. The maximum Gasteiger partial charge on any atom is 0.511 e. The Hall–Kier alpha value is -3.48. The number of nitrogen functional groups attached to an aromatic ring is 1. The summed E-state index contributed by atoms with van der Waals surface area (Å²) < 4.78 is 11.5. The molecule has 0 bridgehead atoms. The van der Waals surface area contributed by atoms with Gasteiger partial charge in [-0.1, -0.05) is 6.07 Å². The Morgan fingerprint density at radius 1 is 1.21 bits per heavy atom. The number of aryl methyl sites for hydroxylation is 1. The predicted octanol–water partition coefficient (Wildman–Crippen LogP) is 3.80. The van der Waals surface area contributed by atoms with E-state index in [9.17, 15) is 9.59 Å². The highest BCUT2D eigenvalue weighted by Gasteiger charge is 2.29. The van der Waals surface area contributed by atoms with Gasteiger partial charge in [-0.25, -0.2) is 4.79 Å². The fourth-order valence-electron chi connectivity index (χ4n) is 3.64. The number of rotatable bonds is 4. The first-order valence-electron chi connectivity index (χ1n) is 8.94. The van der Waals surface area contributed by atoms with Crippen LogP contribution in [0.5, 0.6) is 11.5 Å². The molecule has 0 atom stereocenters. The summed E-state index contributed by atoms with van der Waals surface area (Å²) in [6.07, 6.45) is 2.16. The van der Waals surface area contributed by atoms with E-state index < -0.39 is 11.7 Å². The van der Waals surface area contributed by atoms with Gasteiger partial charge in [-0.05, 0) is 72.2 Å². The third kappa shape index (κ3) is 2.94. The lowest BCUT2D eigenvalue weighted by atomic mass is 9.97. The number of nitrogens with two attached hydrogens (primary N) is 1. The molecule has 2 aromatic heterocycles. The molecule has 0 radical (unpaired) electrons. The third-order valence-electron chi connectivity index (χ3n) is 5.14. The summed E-state index contributed by atoms with van der Waals surface area (Å²) in [6.45, 7) is 1.95. The molecule has 3 aromatic rings. The molecule has 1 fully saturated rings. The van der Waals surface area contributed by atoms with Crippen molar-refractivity contribution in [3.8, 4) is 22.6 Å². The number of benzene rings is 1. The van der Waals surface area contributed by atoms with Gasteiger partial charge < -0.3 is 20.3 Å². The lowest BCUT2D eigenvalue weighted by Gasteiger charge is -2.16. The van der Waals surface area contributed by atoms with E-state index >= 15 is 0 Å². The smallest absolute Gasteiger partial charge is 0.495 e. The standard InChI is InChI=1S/C21H20N2O5/c1-11-14(13-5-6-16(22)17(9-13)27-2)7-8-23-19(11)15(12-3-4-12)10-18(20(23)24)28-21(25)26/h5-10,12H,3-4,22H2,1-2H3,(H,25,26). The van der Waals surface area contributed by atoms with Gasteiger partial charge in [0.05, 0.1) is 18.3 Å². The maximum atomic E-state index is 12.7. The van der Waals surface area contributed by atoms with Crippen LogP contribution < -0.4 is 20.8 Å². The van der Waals surface area contributed by atoms with Crippen LogP contribution in [0.25, 0.3) is 16.6 Å². The Morgan fingerprint density at radius 2 is 1.96 bits per heavy atom. The predicted molar refractivity (Wildman–Crippen MR) is 105 cm³/mol. The van der Waals surface area contributed by atoms with E-state index in [0.717, 1.165) is 40.6 Å². The summed E-state index contributed by atoms with van der Waals surface area (Å²) in [5.41, 5.74) is 10.5. The monoisotopic (exact) mass is 380 g/mol. The Kier molecular flexibility index (Phi) is 4.22. The lowest BCUT2D eigenvalue weighted by Crippen LogP contribution is -2.20. The number of aromatic nitrogens is 1. The molecule has 144 valence electrons. The number of methoxy groups -OCH3 is 1. The first-order chi connectivity index (χ1) is 13.4. The Bertz CT molecular complexity index is 1160. The fraction of sp³-hybridized carbons (Fsp3) is 0.238. The summed E-state index contributed by atoms with van der Waals surface area (Å²) in [4.78, 5) is 23.7. The second-order valence-electron chi connectivity index (χ2n) is 6.94. The van der Waals surface area contributed by atoms with Crippen LogP contribution in [-0.4, -0.2) is 22.8 Å². The number of pyridine rings is 2. The molecule has 0 unspecified atom stereocenters. The van der Waals surface area contributed by atoms with Crippen molar-refractivity contribution in [3.63, 3.8) is 0 Å². The van der Waals surface area contributed by atoms with E-state index in [4.69, 9.17) is 20.3 Å². The number of ether oxygens (including phenoxy) is 2. The molecule has 0 aliphatic heterocycles. The highest BCUT2D eigenvalue weighted by atomic mass is 16.7. The number of hydrogen-bond acceptors (Lipinski definition) is 5. The molecule has 2 heterocycles. The van der Waals surface area contributed by atoms with E-state index in [1.165, 1.54) is 4.40 Å². The maximum absolute atomic E-state index is 12.7.